The van der Waals surface area contributed by atoms with Crippen molar-refractivity contribution in [2.45, 2.75) is 12.1 Å². The number of allylic oxidation sites excluding steroid dienone is 1. The van der Waals surface area contributed by atoms with Gasteiger partial charge in [0, 0.05) is 17.7 Å². The van der Waals surface area contributed by atoms with E-state index in [2.05, 4.69) is 11.9 Å². The Bertz CT molecular complexity index is 402. The SMILES string of the molecule is C=CCC1(F)C(=O)Nc2ccccc21. The molecule has 1 N–H and O–H groups in total. The Hall–Kier alpha value is -1.64. The molecule has 1 heterocycles. The van der Waals surface area contributed by atoms with Crippen LogP contribution in [-0.2, 0) is 10.5 Å². The van der Waals surface area contributed by atoms with Crippen LogP contribution in [0.2, 0.25) is 0 Å². The molecule has 0 saturated carbocycles. The first-order valence-electron chi connectivity index (χ1n) is 4.39. The Balaban J connectivity index is 2.53. The van der Waals surface area contributed by atoms with Crippen LogP contribution >= 0.6 is 0 Å². The van der Waals surface area contributed by atoms with Crippen molar-refractivity contribution in [2.24, 2.45) is 0 Å². The van der Waals surface area contributed by atoms with E-state index < -0.39 is 11.6 Å². The monoisotopic (exact) mass is 191 g/mol. The van der Waals surface area contributed by atoms with Gasteiger partial charge in [-0.05, 0) is 6.07 Å². The number of alkyl halides is 1. The van der Waals surface area contributed by atoms with Crippen LogP contribution in [0.15, 0.2) is 36.9 Å². The quantitative estimate of drug-likeness (QED) is 0.714. The van der Waals surface area contributed by atoms with Gasteiger partial charge in [0.15, 0.2) is 0 Å². The summed E-state index contributed by atoms with van der Waals surface area (Å²) in [6.45, 7) is 3.46. The van der Waals surface area contributed by atoms with Crippen molar-refractivity contribution >= 4 is 11.6 Å². The normalized spacial score (nSPS) is 24.2. The van der Waals surface area contributed by atoms with Crippen LogP contribution in [-0.4, -0.2) is 5.91 Å². The lowest BCUT2D eigenvalue weighted by Crippen LogP contribution is -2.28. The zero-order chi connectivity index (χ0) is 10.2. The van der Waals surface area contributed by atoms with Crippen molar-refractivity contribution in [3.05, 3.63) is 42.5 Å². The molecule has 0 saturated heterocycles. The van der Waals surface area contributed by atoms with Crippen molar-refractivity contribution in [3.63, 3.8) is 0 Å². The molecule has 1 unspecified atom stereocenters. The highest BCUT2D eigenvalue weighted by Crippen LogP contribution is 2.41. The summed E-state index contributed by atoms with van der Waals surface area (Å²) in [5.74, 6) is -0.599. The molecule has 0 spiro atoms. The summed E-state index contributed by atoms with van der Waals surface area (Å²) < 4.78 is 14.2. The Kier molecular flexibility index (Phi) is 1.88. The number of amides is 1. The van der Waals surface area contributed by atoms with Gasteiger partial charge in [0.1, 0.15) is 0 Å². The first kappa shape index (κ1) is 8.94. The second kappa shape index (κ2) is 2.94. The molecule has 0 radical (unpaired) electrons. The fourth-order valence-corrected chi connectivity index (χ4v) is 1.68. The lowest BCUT2D eigenvalue weighted by molar-refractivity contribution is -0.126. The Morgan fingerprint density at radius 1 is 1.50 bits per heavy atom. The molecule has 3 heteroatoms. The van der Waals surface area contributed by atoms with Crippen LogP contribution in [0.5, 0.6) is 0 Å². The summed E-state index contributed by atoms with van der Waals surface area (Å²) in [6.07, 6.45) is 1.43. The number of hydrogen-bond donors (Lipinski definition) is 1. The summed E-state index contributed by atoms with van der Waals surface area (Å²) in [5, 5.41) is 2.51. The van der Waals surface area contributed by atoms with E-state index >= 15 is 0 Å². The number of carbonyl (C=O) groups excluding carboxylic acids is 1. The Morgan fingerprint density at radius 2 is 2.21 bits per heavy atom. The van der Waals surface area contributed by atoms with E-state index in [1.165, 1.54) is 6.08 Å². The minimum Gasteiger partial charge on any atom is -0.323 e. The molecule has 1 aromatic carbocycles. The van der Waals surface area contributed by atoms with Gasteiger partial charge in [-0.15, -0.1) is 6.58 Å². The average Bonchev–Trinajstić information content (AvgIpc) is 2.41. The largest absolute Gasteiger partial charge is 0.323 e. The van der Waals surface area contributed by atoms with E-state index in [1.807, 2.05) is 0 Å². The number of benzene rings is 1. The molecule has 1 aliphatic heterocycles. The number of carbonyl (C=O) groups is 1. The van der Waals surface area contributed by atoms with Crippen molar-refractivity contribution in [3.8, 4) is 0 Å². The third-order valence-corrected chi connectivity index (χ3v) is 2.39. The van der Waals surface area contributed by atoms with E-state index in [4.69, 9.17) is 0 Å². The number of halogens is 1. The van der Waals surface area contributed by atoms with Gasteiger partial charge < -0.3 is 5.32 Å². The van der Waals surface area contributed by atoms with Crippen LogP contribution in [0.4, 0.5) is 10.1 Å². The van der Waals surface area contributed by atoms with Gasteiger partial charge in [0.2, 0.25) is 5.67 Å². The Labute approximate surface area is 81.4 Å². The highest BCUT2D eigenvalue weighted by atomic mass is 19.1. The van der Waals surface area contributed by atoms with Gasteiger partial charge in [0.05, 0.1) is 0 Å². The average molecular weight is 191 g/mol. The molecule has 1 aromatic rings. The van der Waals surface area contributed by atoms with E-state index in [9.17, 15) is 9.18 Å². The number of hydrogen-bond acceptors (Lipinski definition) is 1. The fraction of sp³-hybridized carbons (Fsp3) is 0.182. The van der Waals surface area contributed by atoms with Gasteiger partial charge in [-0.1, -0.05) is 24.3 Å². The van der Waals surface area contributed by atoms with Gasteiger partial charge in [-0.2, -0.15) is 0 Å². The predicted molar refractivity (Wildman–Crippen MR) is 52.7 cm³/mol. The van der Waals surface area contributed by atoms with Crippen molar-refractivity contribution in [1.82, 2.24) is 0 Å². The Morgan fingerprint density at radius 3 is 2.93 bits per heavy atom. The molecule has 1 atom stereocenters. The number of nitrogens with one attached hydrogen (secondary N) is 1. The maximum absolute atomic E-state index is 14.2. The summed E-state index contributed by atoms with van der Waals surface area (Å²) >= 11 is 0. The standard InChI is InChI=1S/C11H10FNO/c1-2-7-11(12)8-5-3-4-6-9(8)13-10(11)14/h2-6H,1,7H2,(H,13,14). The summed E-state index contributed by atoms with van der Waals surface area (Å²) in [7, 11) is 0. The molecule has 0 aromatic heterocycles. The van der Waals surface area contributed by atoms with Crippen molar-refractivity contribution < 1.29 is 9.18 Å². The number of anilines is 1. The second-order valence-electron chi connectivity index (χ2n) is 3.29. The van der Waals surface area contributed by atoms with Gasteiger partial charge >= 0.3 is 0 Å². The van der Waals surface area contributed by atoms with Gasteiger partial charge in [0.25, 0.3) is 5.91 Å². The lowest BCUT2D eigenvalue weighted by Gasteiger charge is -2.14. The van der Waals surface area contributed by atoms with Crippen molar-refractivity contribution in [1.29, 1.82) is 0 Å². The molecule has 2 rings (SSSR count). The molecule has 1 aliphatic rings. The molecular formula is C11H10FNO. The predicted octanol–water partition coefficient (Wildman–Crippen LogP) is 2.38. The highest BCUT2D eigenvalue weighted by Gasteiger charge is 2.46. The van der Waals surface area contributed by atoms with Gasteiger partial charge in [-0.25, -0.2) is 4.39 Å². The van der Waals surface area contributed by atoms with Crippen LogP contribution in [0.3, 0.4) is 0 Å². The molecular weight excluding hydrogens is 181 g/mol. The van der Waals surface area contributed by atoms with Crippen molar-refractivity contribution in [2.75, 3.05) is 5.32 Å². The van der Waals surface area contributed by atoms with Gasteiger partial charge in [-0.3, -0.25) is 4.79 Å². The second-order valence-corrected chi connectivity index (χ2v) is 3.29. The molecule has 0 aliphatic carbocycles. The minimum absolute atomic E-state index is 0.00977. The highest BCUT2D eigenvalue weighted by molar-refractivity contribution is 6.05. The maximum atomic E-state index is 14.2. The van der Waals surface area contributed by atoms with Crippen LogP contribution in [0.1, 0.15) is 12.0 Å². The molecule has 1 amide bonds. The zero-order valence-electron chi connectivity index (χ0n) is 7.59. The number of para-hydroxylation sites is 1. The maximum Gasteiger partial charge on any atom is 0.267 e. The third-order valence-electron chi connectivity index (χ3n) is 2.39. The first-order chi connectivity index (χ1) is 6.68. The number of fused-ring (bicyclic) bond motifs is 1. The van der Waals surface area contributed by atoms with Crippen LogP contribution < -0.4 is 5.32 Å². The van der Waals surface area contributed by atoms with E-state index in [1.54, 1.807) is 24.3 Å². The molecule has 72 valence electrons. The van der Waals surface area contributed by atoms with E-state index in [-0.39, 0.29) is 6.42 Å². The van der Waals surface area contributed by atoms with E-state index in [0.717, 1.165) is 0 Å². The molecule has 14 heavy (non-hydrogen) atoms. The summed E-state index contributed by atoms with van der Waals surface area (Å²) in [6, 6.07) is 6.80. The fourth-order valence-electron chi connectivity index (χ4n) is 1.68. The smallest absolute Gasteiger partial charge is 0.267 e. The van der Waals surface area contributed by atoms with E-state index in [0.29, 0.717) is 11.3 Å². The molecule has 0 bridgehead atoms. The molecule has 0 fully saturated rings. The lowest BCUT2D eigenvalue weighted by atomic mass is 9.94. The van der Waals surface area contributed by atoms with Crippen LogP contribution in [0.25, 0.3) is 0 Å². The summed E-state index contributed by atoms with van der Waals surface area (Å²) in [5.41, 5.74) is -0.968. The summed E-state index contributed by atoms with van der Waals surface area (Å²) in [4.78, 5) is 11.4. The number of rotatable bonds is 2. The zero-order valence-corrected chi connectivity index (χ0v) is 7.59. The van der Waals surface area contributed by atoms with Crippen LogP contribution in [0, 0.1) is 0 Å². The third kappa shape index (κ3) is 1.05. The molecule has 2 nitrogen and oxygen atoms in total. The minimum atomic E-state index is -1.93. The first-order valence-corrected chi connectivity index (χ1v) is 4.39. The topological polar surface area (TPSA) is 29.1 Å².